The van der Waals surface area contributed by atoms with Crippen LogP contribution in [0.25, 0.3) is 0 Å². The molecule has 1 aliphatic heterocycles. The summed E-state index contributed by atoms with van der Waals surface area (Å²) in [7, 11) is 3.27. The van der Waals surface area contributed by atoms with Gasteiger partial charge in [-0.15, -0.1) is 0 Å². The first-order valence-electron chi connectivity index (χ1n) is 7.78. The van der Waals surface area contributed by atoms with E-state index in [0.717, 1.165) is 28.3 Å². The van der Waals surface area contributed by atoms with Crippen LogP contribution in [-0.2, 0) is 4.79 Å². The fourth-order valence-electron chi connectivity index (χ4n) is 2.89. The van der Waals surface area contributed by atoms with Gasteiger partial charge < -0.3 is 9.47 Å². The quantitative estimate of drug-likeness (QED) is 0.866. The van der Waals surface area contributed by atoms with E-state index in [1.165, 1.54) is 6.92 Å². The molecule has 5 nitrogen and oxygen atoms in total. The molecule has 0 N–H and O–H groups in total. The number of hydrogen-bond donors (Lipinski definition) is 0. The zero-order valence-electron chi connectivity index (χ0n) is 14.0. The van der Waals surface area contributed by atoms with E-state index < -0.39 is 0 Å². The molecular formula is C19H20N2O3. The Morgan fingerprint density at radius 1 is 1.08 bits per heavy atom. The van der Waals surface area contributed by atoms with Crippen LogP contribution in [-0.4, -0.2) is 30.8 Å². The van der Waals surface area contributed by atoms with Gasteiger partial charge in [-0.1, -0.05) is 24.3 Å². The average Bonchev–Trinajstić information content (AvgIpc) is 3.07. The third-order valence-electron chi connectivity index (χ3n) is 4.11. The first-order valence-corrected chi connectivity index (χ1v) is 7.78. The van der Waals surface area contributed by atoms with E-state index in [2.05, 4.69) is 5.10 Å². The lowest BCUT2D eigenvalue weighted by molar-refractivity contribution is -0.130. The molecule has 0 fully saturated rings. The Bertz CT molecular complexity index is 786. The molecule has 2 aromatic carbocycles. The summed E-state index contributed by atoms with van der Waals surface area (Å²) in [6.45, 7) is 1.53. The molecule has 1 amide bonds. The Kier molecular flexibility index (Phi) is 4.51. The SMILES string of the molecule is COc1cccc(C2=NN(C(C)=O)[C@H](c3cccc(OC)c3)C2)c1. The van der Waals surface area contributed by atoms with Gasteiger partial charge >= 0.3 is 0 Å². The van der Waals surface area contributed by atoms with Crippen molar-refractivity contribution >= 4 is 11.6 Å². The molecule has 0 radical (unpaired) electrons. The fourth-order valence-corrected chi connectivity index (χ4v) is 2.89. The van der Waals surface area contributed by atoms with Crippen molar-refractivity contribution in [1.82, 2.24) is 5.01 Å². The van der Waals surface area contributed by atoms with Gasteiger partial charge in [0.2, 0.25) is 5.91 Å². The van der Waals surface area contributed by atoms with Crippen molar-refractivity contribution in [3.8, 4) is 11.5 Å². The number of carbonyl (C=O) groups excluding carboxylic acids is 1. The summed E-state index contributed by atoms with van der Waals surface area (Å²) in [5, 5.41) is 6.10. The van der Waals surface area contributed by atoms with Crippen LogP contribution in [0, 0.1) is 0 Å². The molecule has 0 spiro atoms. The van der Waals surface area contributed by atoms with E-state index in [4.69, 9.17) is 9.47 Å². The van der Waals surface area contributed by atoms with Gasteiger partial charge in [0.1, 0.15) is 11.5 Å². The first kappa shape index (κ1) is 16.1. The van der Waals surface area contributed by atoms with Gasteiger partial charge in [-0.05, 0) is 29.8 Å². The number of rotatable bonds is 4. The van der Waals surface area contributed by atoms with Gasteiger partial charge in [-0.3, -0.25) is 4.79 Å². The zero-order chi connectivity index (χ0) is 17.1. The normalized spacial score (nSPS) is 16.7. The van der Waals surface area contributed by atoms with Crippen LogP contribution in [0.4, 0.5) is 0 Å². The first-order chi connectivity index (χ1) is 11.6. The monoisotopic (exact) mass is 324 g/mol. The standard InChI is InChI=1S/C19H20N2O3/c1-13(22)21-19(15-7-5-9-17(11-15)24-3)12-18(20-21)14-6-4-8-16(10-14)23-2/h4-11,19H,12H2,1-3H3/t19-/m0/s1. The number of ether oxygens (including phenoxy) is 2. The Hall–Kier alpha value is -2.82. The highest BCUT2D eigenvalue weighted by atomic mass is 16.5. The number of carbonyl (C=O) groups is 1. The molecule has 2 aromatic rings. The number of hydrazone groups is 1. The third-order valence-corrected chi connectivity index (χ3v) is 4.11. The highest BCUT2D eigenvalue weighted by Crippen LogP contribution is 2.34. The van der Waals surface area contributed by atoms with Crippen LogP contribution >= 0.6 is 0 Å². The Morgan fingerprint density at radius 3 is 2.42 bits per heavy atom. The van der Waals surface area contributed by atoms with E-state index >= 15 is 0 Å². The molecule has 3 rings (SSSR count). The molecule has 124 valence electrons. The second-order valence-corrected chi connectivity index (χ2v) is 5.64. The van der Waals surface area contributed by atoms with Gasteiger partial charge in [0.25, 0.3) is 0 Å². The maximum Gasteiger partial charge on any atom is 0.240 e. The van der Waals surface area contributed by atoms with Crippen molar-refractivity contribution in [3.05, 3.63) is 59.7 Å². The number of methoxy groups -OCH3 is 2. The lowest BCUT2D eigenvalue weighted by atomic mass is 9.98. The second-order valence-electron chi connectivity index (χ2n) is 5.64. The summed E-state index contributed by atoms with van der Waals surface area (Å²) < 4.78 is 10.6. The topological polar surface area (TPSA) is 51.1 Å². The summed E-state index contributed by atoms with van der Waals surface area (Å²) in [4.78, 5) is 12.0. The number of benzene rings is 2. The molecule has 1 atom stereocenters. The van der Waals surface area contributed by atoms with Crippen LogP contribution in [0.3, 0.4) is 0 Å². The van der Waals surface area contributed by atoms with Gasteiger partial charge in [-0.2, -0.15) is 5.10 Å². The molecule has 24 heavy (non-hydrogen) atoms. The van der Waals surface area contributed by atoms with Crippen molar-refractivity contribution in [2.45, 2.75) is 19.4 Å². The number of hydrogen-bond acceptors (Lipinski definition) is 4. The molecule has 0 saturated heterocycles. The van der Waals surface area contributed by atoms with E-state index in [1.54, 1.807) is 19.2 Å². The summed E-state index contributed by atoms with van der Waals surface area (Å²) in [5.41, 5.74) is 2.84. The molecule has 0 bridgehead atoms. The minimum Gasteiger partial charge on any atom is -0.497 e. The van der Waals surface area contributed by atoms with Crippen molar-refractivity contribution in [1.29, 1.82) is 0 Å². The second kappa shape index (κ2) is 6.74. The van der Waals surface area contributed by atoms with E-state index in [-0.39, 0.29) is 11.9 Å². The summed E-state index contributed by atoms with van der Waals surface area (Å²) in [5.74, 6) is 1.46. The molecule has 0 saturated carbocycles. The molecule has 0 aliphatic carbocycles. The van der Waals surface area contributed by atoms with E-state index in [0.29, 0.717) is 6.42 Å². The number of amides is 1. The van der Waals surface area contributed by atoms with Crippen LogP contribution < -0.4 is 9.47 Å². The highest BCUT2D eigenvalue weighted by Gasteiger charge is 2.31. The smallest absolute Gasteiger partial charge is 0.240 e. The molecule has 5 heteroatoms. The van der Waals surface area contributed by atoms with E-state index in [1.807, 2.05) is 48.5 Å². The summed E-state index contributed by atoms with van der Waals surface area (Å²) >= 11 is 0. The van der Waals surface area contributed by atoms with Crippen molar-refractivity contribution in [2.75, 3.05) is 14.2 Å². The minimum absolute atomic E-state index is 0.0827. The lowest BCUT2D eigenvalue weighted by Gasteiger charge is -2.20. The Balaban J connectivity index is 1.94. The number of nitrogens with zero attached hydrogens (tertiary/aromatic N) is 2. The molecule has 1 heterocycles. The Labute approximate surface area is 141 Å². The van der Waals surface area contributed by atoms with Crippen molar-refractivity contribution in [3.63, 3.8) is 0 Å². The fraction of sp³-hybridized carbons (Fsp3) is 0.263. The van der Waals surface area contributed by atoms with Gasteiger partial charge in [-0.25, -0.2) is 5.01 Å². The van der Waals surface area contributed by atoms with Gasteiger partial charge in [0.15, 0.2) is 0 Å². The third kappa shape index (κ3) is 3.11. The Morgan fingerprint density at radius 2 is 1.75 bits per heavy atom. The molecule has 0 aromatic heterocycles. The maximum atomic E-state index is 12.0. The van der Waals surface area contributed by atoms with Crippen LogP contribution in [0.15, 0.2) is 53.6 Å². The summed E-state index contributed by atoms with van der Waals surface area (Å²) in [6, 6.07) is 15.4. The van der Waals surface area contributed by atoms with Crippen LogP contribution in [0.1, 0.15) is 30.5 Å². The minimum atomic E-state index is -0.126. The highest BCUT2D eigenvalue weighted by molar-refractivity contribution is 6.03. The molecule has 0 unspecified atom stereocenters. The zero-order valence-corrected chi connectivity index (χ0v) is 14.0. The maximum absolute atomic E-state index is 12.0. The molecular weight excluding hydrogens is 304 g/mol. The van der Waals surface area contributed by atoms with Crippen LogP contribution in [0.5, 0.6) is 11.5 Å². The van der Waals surface area contributed by atoms with Crippen LogP contribution in [0.2, 0.25) is 0 Å². The predicted octanol–water partition coefficient (Wildman–Crippen LogP) is 3.40. The predicted molar refractivity (Wildman–Crippen MR) is 92.4 cm³/mol. The largest absolute Gasteiger partial charge is 0.497 e. The lowest BCUT2D eigenvalue weighted by Crippen LogP contribution is -2.24. The average molecular weight is 324 g/mol. The van der Waals surface area contributed by atoms with Gasteiger partial charge in [0, 0.05) is 18.9 Å². The van der Waals surface area contributed by atoms with Crippen molar-refractivity contribution < 1.29 is 14.3 Å². The van der Waals surface area contributed by atoms with E-state index in [9.17, 15) is 4.79 Å². The molecule has 1 aliphatic rings. The summed E-state index contributed by atoms with van der Waals surface area (Å²) in [6.07, 6.45) is 0.653. The van der Waals surface area contributed by atoms with Crippen molar-refractivity contribution in [2.24, 2.45) is 5.10 Å². The van der Waals surface area contributed by atoms with Gasteiger partial charge in [0.05, 0.1) is 26.0 Å².